The lowest BCUT2D eigenvalue weighted by Crippen LogP contribution is -1.95. The predicted molar refractivity (Wildman–Crippen MR) is 77.5 cm³/mol. The number of halogens is 1. The van der Waals surface area contributed by atoms with E-state index in [1.54, 1.807) is 6.33 Å². The van der Waals surface area contributed by atoms with Crippen LogP contribution in [0.15, 0.2) is 33.4 Å². The molecule has 4 rings (SSSR count). The molecule has 0 radical (unpaired) electrons. The summed E-state index contributed by atoms with van der Waals surface area (Å²) in [6, 6.07) is 1.90. The Labute approximate surface area is 127 Å². The van der Waals surface area contributed by atoms with Crippen LogP contribution in [0.25, 0.3) is 11.2 Å². The Kier molecular flexibility index (Phi) is 2.92. The van der Waals surface area contributed by atoms with E-state index in [4.69, 9.17) is 0 Å². The molecule has 0 unspecified atom stereocenters. The Balaban J connectivity index is 1.73. The molecule has 3 heterocycles. The van der Waals surface area contributed by atoms with E-state index >= 15 is 0 Å². The number of imidazole rings is 1. The van der Waals surface area contributed by atoms with E-state index in [2.05, 4.69) is 45.8 Å². The van der Waals surface area contributed by atoms with Crippen molar-refractivity contribution in [1.82, 2.24) is 29.9 Å². The molecule has 1 N–H and O–H groups in total. The Hall–Kier alpha value is -1.54. The third kappa shape index (κ3) is 2.29. The van der Waals surface area contributed by atoms with Gasteiger partial charge in [-0.15, -0.1) is 0 Å². The van der Waals surface area contributed by atoms with Gasteiger partial charge in [-0.05, 0) is 40.5 Å². The molecule has 0 amide bonds. The normalized spacial score (nSPS) is 14.8. The van der Waals surface area contributed by atoms with Gasteiger partial charge < -0.3 is 4.98 Å². The molecule has 0 atom stereocenters. The number of nitrogens with zero attached hydrogens (tertiary/aromatic N) is 5. The minimum absolute atomic E-state index is 0.518. The number of aromatic nitrogens is 6. The summed E-state index contributed by atoms with van der Waals surface area (Å²) >= 11 is 4.94. The van der Waals surface area contributed by atoms with Crippen LogP contribution in [0.1, 0.15) is 24.6 Å². The van der Waals surface area contributed by atoms with Gasteiger partial charge in [-0.3, -0.25) is 0 Å². The Morgan fingerprint density at radius 1 is 1.20 bits per heavy atom. The Morgan fingerprint density at radius 3 is 2.95 bits per heavy atom. The molecule has 0 saturated heterocycles. The molecule has 1 saturated carbocycles. The van der Waals surface area contributed by atoms with Crippen molar-refractivity contribution in [3.8, 4) is 0 Å². The maximum atomic E-state index is 4.61. The van der Waals surface area contributed by atoms with Crippen molar-refractivity contribution < 1.29 is 0 Å². The summed E-state index contributed by atoms with van der Waals surface area (Å²) in [7, 11) is 0. The zero-order valence-electron chi connectivity index (χ0n) is 10.2. The summed E-state index contributed by atoms with van der Waals surface area (Å²) in [5, 5.41) is 1.70. The molecule has 1 aliphatic carbocycles. The highest BCUT2D eigenvalue weighted by Crippen LogP contribution is 2.39. The highest BCUT2D eigenvalue weighted by molar-refractivity contribution is 9.10. The third-order valence-corrected chi connectivity index (χ3v) is 4.35. The van der Waals surface area contributed by atoms with Crippen molar-refractivity contribution in [1.29, 1.82) is 0 Å². The van der Waals surface area contributed by atoms with Crippen LogP contribution in [0, 0.1) is 0 Å². The van der Waals surface area contributed by atoms with Crippen molar-refractivity contribution in [2.75, 3.05) is 0 Å². The minimum Gasteiger partial charge on any atom is -0.341 e. The fraction of sp³-hybridized carbons (Fsp3) is 0.250. The fourth-order valence-corrected chi connectivity index (χ4v) is 3.32. The van der Waals surface area contributed by atoms with Gasteiger partial charge in [0.05, 0.1) is 6.33 Å². The number of hydrogen-bond donors (Lipinski definition) is 1. The van der Waals surface area contributed by atoms with Gasteiger partial charge in [0.1, 0.15) is 32.3 Å². The lowest BCUT2D eigenvalue weighted by molar-refractivity contribution is 0.865. The minimum atomic E-state index is 0.518. The summed E-state index contributed by atoms with van der Waals surface area (Å²) in [6.07, 6.45) is 5.50. The van der Waals surface area contributed by atoms with Crippen LogP contribution in [-0.2, 0) is 0 Å². The Morgan fingerprint density at radius 2 is 2.10 bits per heavy atom. The SMILES string of the molecule is Brc1cc(Sc2ncnc3nc[nH]c23)nc(C2CC2)n1. The van der Waals surface area contributed by atoms with E-state index in [9.17, 15) is 0 Å². The molecular formula is C12H9BrN6S. The smallest absolute Gasteiger partial charge is 0.181 e. The summed E-state index contributed by atoms with van der Waals surface area (Å²) in [4.78, 5) is 24.6. The molecule has 3 aromatic rings. The number of fused-ring (bicyclic) bond motifs is 1. The first-order valence-electron chi connectivity index (χ1n) is 6.16. The van der Waals surface area contributed by atoms with Crippen molar-refractivity contribution in [3.63, 3.8) is 0 Å². The predicted octanol–water partition coefficient (Wildman–Crippen LogP) is 2.93. The van der Waals surface area contributed by atoms with Crippen molar-refractivity contribution in [3.05, 3.63) is 29.1 Å². The maximum Gasteiger partial charge on any atom is 0.181 e. The van der Waals surface area contributed by atoms with E-state index in [1.807, 2.05) is 6.07 Å². The first kappa shape index (κ1) is 12.2. The Bertz CT molecular complexity index is 784. The van der Waals surface area contributed by atoms with Gasteiger partial charge in [-0.2, -0.15) is 0 Å². The quantitative estimate of drug-likeness (QED) is 0.733. The van der Waals surface area contributed by atoms with Gasteiger partial charge in [0, 0.05) is 12.0 Å². The summed E-state index contributed by atoms with van der Waals surface area (Å²) in [5.74, 6) is 1.43. The van der Waals surface area contributed by atoms with Crippen LogP contribution in [0.4, 0.5) is 0 Å². The third-order valence-electron chi connectivity index (χ3n) is 3.02. The number of rotatable bonds is 3. The van der Waals surface area contributed by atoms with E-state index in [0.29, 0.717) is 11.6 Å². The van der Waals surface area contributed by atoms with Gasteiger partial charge in [-0.1, -0.05) is 0 Å². The summed E-state index contributed by atoms with van der Waals surface area (Å²) < 4.78 is 0.812. The zero-order chi connectivity index (χ0) is 13.5. The molecular weight excluding hydrogens is 340 g/mol. The molecule has 0 aliphatic heterocycles. The van der Waals surface area contributed by atoms with Crippen molar-refractivity contribution >= 4 is 38.9 Å². The number of aromatic amines is 1. The molecule has 6 nitrogen and oxygen atoms in total. The monoisotopic (exact) mass is 348 g/mol. The van der Waals surface area contributed by atoms with Crippen molar-refractivity contribution in [2.24, 2.45) is 0 Å². The fourth-order valence-electron chi connectivity index (χ4n) is 1.91. The maximum absolute atomic E-state index is 4.61. The van der Waals surface area contributed by atoms with E-state index in [0.717, 1.165) is 26.0 Å². The van der Waals surface area contributed by atoms with Gasteiger partial charge in [0.25, 0.3) is 0 Å². The average Bonchev–Trinajstić information content (AvgIpc) is 3.17. The zero-order valence-corrected chi connectivity index (χ0v) is 12.6. The first-order chi connectivity index (χ1) is 9.79. The highest BCUT2D eigenvalue weighted by Gasteiger charge is 2.27. The van der Waals surface area contributed by atoms with Gasteiger partial charge in [0.2, 0.25) is 0 Å². The van der Waals surface area contributed by atoms with Gasteiger partial charge >= 0.3 is 0 Å². The molecule has 0 aromatic carbocycles. The number of hydrogen-bond acceptors (Lipinski definition) is 6. The molecule has 0 spiro atoms. The van der Waals surface area contributed by atoms with Crippen molar-refractivity contribution in [2.45, 2.75) is 28.8 Å². The molecule has 0 bridgehead atoms. The second kappa shape index (κ2) is 4.78. The van der Waals surface area contributed by atoms with E-state index in [1.165, 1.54) is 30.9 Å². The number of nitrogens with one attached hydrogen (secondary N) is 1. The average molecular weight is 349 g/mol. The first-order valence-corrected chi connectivity index (χ1v) is 7.77. The lowest BCUT2D eigenvalue weighted by atomic mass is 10.4. The van der Waals surface area contributed by atoms with Crippen LogP contribution < -0.4 is 0 Å². The summed E-state index contributed by atoms with van der Waals surface area (Å²) in [5.41, 5.74) is 1.50. The van der Waals surface area contributed by atoms with E-state index in [-0.39, 0.29) is 0 Å². The molecule has 1 fully saturated rings. The second-order valence-electron chi connectivity index (χ2n) is 4.54. The highest BCUT2D eigenvalue weighted by atomic mass is 79.9. The standard InChI is InChI=1S/C12H9BrN6S/c13-7-3-8(19-10(18-7)6-1-2-6)20-12-9-11(15-4-14-9)16-5-17-12/h3-6H,1-2H2,(H,14,15,16,17). The van der Waals surface area contributed by atoms with Crippen LogP contribution in [-0.4, -0.2) is 29.9 Å². The molecule has 20 heavy (non-hydrogen) atoms. The van der Waals surface area contributed by atoms with Crippen LogP contribution in [0.2, 0.25) is 0 Å². The molecule has 3 aromatic heterocycles. The molecule has 1 aliphatic rings. The largest absolute Gasteiger partial charge is 0.341 e. The summed E-state index contributed by atoms with van der Waals surface area (Å²) in [6.45, 7) is 0. The van der Waals surface area contributed by atoms with Crippen LogP contribution >= 0.6 is 27.7 Å². The van der Waals surface area contributed by atoms with Gasteiger partial charge in [0.15, 0.2) is 5.65 Å². The van der Waals surface area contributed by atoms with Crippen LogP contribution in [0.3, 0.4) is 0 Å². The topological polar surface area (TPSA) is 80.2 Å². The number of H-pyrrole nitrogens is 1. The molecule has 8 heteroatoms. The lowest BCUT2D eigenvalue weighted by Gasteiger charge is -2.04. The van der Waals surface area contributed by atoms with Gasteiger partial charge in [-0.25, -0.2) is 24.9 Å². The van der Waals surface area contributed by atoms with Crippen LogP contribution in [0.5, 0.6) is 0 Å². The molecule has 100 valence electrons. The second-order valence-corrected chi connectivity index (χ2v) is 6.36. The van der Waals surface area contributed by atoms with E-state index < -0.39 is 0 Å².